The molecule has 1 N–H and O–H groups in total. The maximum atomic E-state index is 13.6. The van der Waals surface area contributed by atoms with E-state index in [1.807, 2.05) is 25.1 Å². The highest BCUT2D eigenvalue weighted by Crippen LogP contribution is 2.37. The Morgan fingerprint density at radius 1 is 1.21 bits per heavy atom. The number of hydrogen-bond acceptors (Lipinski definition) is 4. The molecule has 1 saturated heterocycles. The zero-order valence-corrected chi connectivity index (χ0v) is 21.0. The van der Waals surface area contributed by atoms with Gasteiger partial charge in [0.2, 0.25) is 5.91 Å². The number of para-hydroxylation sites is 1. The van der Waals surface area contributed by atoms with Crippen molar-refractivity contribution >= 4 is 58.0 Å². The first-order valence-corrected chi connectivity index (χ1v) is 12.3. The summed E-state index contributed by atoms with van der Waals surface area (Å²) in [4.78, 5) is 29.5. The Kier molecular flexibility index (Phi) is 7.26. The minimum Gasteiger partial charge on any atom is -0.360 e. The van der Waals surface area contributed by atoms with Crippen LogP contribution in [0.25, 0.3) is 0 Å². The number of aryl methyl sites for hydroxylation is 2. The SMILES string of the molecule is Cc1nn(C)cc1CN(C(=S)NC1CCCCC1)C1CC(=O)N(c2c(Cl)cccc2Cl)C1=O. The molecule has 1 atom stereocenters. The Morgan fingerprint density at radius 3 is 2.48 bits per heavy atom. The molecule has 1 aromatic heterocycles. The Hall–Kier alpha value is -2.16. The summed E-state index contributed by atoms with van der Waals surface area (Å²) in [6, 6.07) is 4.42. The van der Waals surface area contributed by atoms with Crippen LogP contribution in [0.2, 0.25) is 10.0 Å². The lowest BCUT2D eigenvalue weighted by molar-refractivity contribution is -0.122. The lowest BCUT2D eigenvalue weighted by Crippen LogP contribution is -2.51. The molecule has 2 heterocycles. The van der Waals surface area contributed by atoms with Crippen LogP contribution in [0.5, 0.6) is 0 Å². The molecule has 2 amide bonds. The number of amides is 2. The van der Waals surface area contributed by atoms with E-state index < -0.39 is 6.04 Å². The number of nitrogens with one attached hydrogen (secondary N) is 1. The smallest absolute Gasteiger partial charge is 0.257 e. The van der Waals surface area contributed by atoms with E-state index in [4.69, 9.17) is 35.4 Å². The second kappa shape index (κ2) is 9.99. The summed E-state index contributed by atoms with van der Waals surface area (Å²) in [5.41, 5.74) is 2.02. The van der Waals surface area contributed by atoms with Crippen molar-refractivity contribution in [2.75, 3.05) is 4.90 Å². The Labute approximate surface area is 209 Å². The predicted octanol–water partition coefficient (Wildman–Crippen LogP) is 4.38. The quantitative estimate of drug-likeness (QED) is 0.478. The van der Waals surface area contributed by atoms with Gasteiger partial charge < -0.3 is 10.2 Å². The number of benzene rings is 1. The summed E-state index contributed by atoms with van der Waals surface area (Å²) in [6.45, 7) is 2.29. The van der Waals surface area contributed by atoms with E-state index >= 15 is 0 Å². The number of aromatic nitrogens is 2. The number of carbonyl (C=O) groups excluding carboxylic acids is 2. The van der Waals surface area contributed by atoms with Gasteiger partial charge in [0.1, 0.15) is 6.04 Å². The average Bonchev–Trinajstić information content (AvgIpc) is 3.24. The standard InChI is InChI=1S/C23H27Cl2N5O2S/c1-14-15(12-28(2)27-14)13-29(23(33)26-16-7-4-3-5-8-16)19-11-20(31)30(22(19)32)21-17(24)9-6-10-18(21)25/h6,9-10,12,16,19H,3-5,7-8,11,13H2,1-2H3,(H,26,33). The van der Waals surface area contributed by atoms with Gasteiger partial charge in [0.05, 0.1) is 27.8 Å². The monoisotopic (exact) mass is 507 g/mol. The minimum absolute atomic E-state index is 0.00776. The van der Waals surface area contributed by atoms with Gasteiger partial charge in [-0.25, -0.2) is 4.90 Å². The third-order valence-corrected chi connectivity index (χ3v) is 7.27. The Morgan fingerprint density at radius 2 is 1.88 bits per heavy atom. The van der Waals surface area contributed by atoms with Crippen LogP contribution in [0, 0.1) is 6.92 Å². The Balaban J connectivity index is 1.64. The zero-order valence-electron chi connectivity index (χ0n) is 18.7. The molecule has 4 rings (SSSR count). The van der Waals surface area contributed by atoms with Crippen LogP contribution < -0.4 is 10.2 Å². The van der Waals surface area contributed by atoms with Crippen molar-refractivity contribution in [1.82, 2.24) is 20.0 Å². The van der Waals surface area contributed by atoms with Crippen molar-refractivity contribution in [2.24, 2.45) is 7.05 Å². The number of imide groups is 1. The second-order valence-corrected chi connectivity index (χ2v) is 9.88. The fourth-order valence-electron chi connectivity index (χ4n) is 4.61. The van der Waals surface area contributed by atoms with Gasteiger partial charge >= 0.3 is 0 Å². The zero-order chi connectivity index (χ0) is 23.7. The number of nitrogens with zero attached hydrogens (tertiary/aromatic N) is 4. The topological polar surface area (TPSA) is 70.5 Å². The molecular formula is C23H27Cl2N5O2S. The molecule has 1 unspecified atom stereocenters. The third kappa shape index (κ3) is 5.03. The molecule has 7 nitrogen and oxygen atoms in total. The van der Waals surface area contributed by atoms with E-state index in [-0.39, 0.29) is 40.0 Å². The molecule has 1 aliphatic carbocycles. The fraction of sp³-hybridized carbons (Fsp3) is 0.478. The average molecular weight is 508 g/mol. The van der Waals surface area contributed by atoms with Crippen molar-refractivity contribution in [2.45, 2.75) is 64.1 Å². The lowest BCUT2D eigenvalue weighted by atomic mass is 9.96. The molecule has 0 radical (unpaired) electrons. The van der Waals surface area contributed by atoms with Crippen LogP contribution in [0.15, 0.2) is 24.4 Å². The highest BCUT2D eigenvalue weighted by atomic mass is 35.5. The summed E-state index contributed by atoms with van der Waals surface area (Å²) < 4.78 is 1.73. The van der Waals surface area contributed by atoms with Gasteiger partial charge in [-0.05, 0) is 44.1 Å². The van der Waals surface area contributed by atoms with Gasteiger partial charge in [0.15, 0.2) is 5.11 Å². The van der Waals surface area contributed by atoms with Crippen molar-refractivity contribution < 1.29 is 9.59 Å². The van der Waals surface area contributed by atoms with Crippen molar-refractivity contribution in [3.05, 3.63) is 45.7 Å². The normalized spacial score (nSPS) is 19.3. The van der Waals surface area contributed by atoms with Crippen LogP contribution in [0.3, 0.4) is 0 Å². The summed E-state index contributed by atoms with van der Waals surface area (Å²) in [6.07, 6.45) is 7.52. The largest absolute Gasteiger partial charge is 0.360 e. The first kappa shape index (κ1) is 24.0. The highest BCUT2D eigenvalue weighted by molar-refractivity contribution is 7.80. The van der Waals surface area contributed by atoms with Gasteiger partial charge in [-0.15, -0.1) is 0 Å². The van der Waals surface area contributed by atoms with E-state index in [2.05, 4.69) is 10.4 Å². The molecular weight excluding hydrogens is 481 g/mol. The van der Waals surface area contributed by atoms with Crippen LogP contribution in [0.4, 0.5) is 5.69 Å². The molecule has 1 aliphatic heterocycles. The number of carbonyl (C=O) groups is 2. The molecule has 0 bridgehead atoms. The van der Waals surface area contributed by atoms with Crippen LogP contribution >= 0.6 is 35.4 Å². The van der Waals surface area contributed by atoms with Crippen LogP contribution in [-0.4, -0.2) is 43.7 Å². The first-order chi connectivity index (χ1) is 15.8. The number of hydrogen-bond donors (Lipinski definition) is 1. The van der Waals surface area contributed by atoms with E-state index in [9.17, 15) is 9.59 Å². The third-order valence-electron chi connectivity index (χ3n) is 6.31. The summed E-state index contributed by atoms with van der Waals surface area (Å²) in [7, 11) is 1.85. The van der Waals surface area contributed by atoms with E-state index in [0.717, 1.165) is 41.8 Å². The summed E-state index contributed by atoms with van der Waals surface area (Å²) >= 11 is 18.4. The number of halogens is 2. The number of rotatable bonds is 5. The number of thiocarbonyl (C=S) groups is 1. The molecule has 2 aliphatic rings. The molecule has 0 spiro atoms. The summed E-state index contributed by atoms with van der Waals surface area (Å²) in [5.74, 6) is -0.738. The van der Waals surface area contributed by atoms with E-state index in [1.54, 1.807) is 22.9 Å². The lowest BCUT2D eigenvalue weighted by Gasteiger charge is -2.33. The van der Waals surface area contributed by atoms with E-state index in [1.165, 1.54) is 6.42 Å². The first-order valence-electron chi connectivity index (χ1n) is 11.1. The van der Waals surface area contributed by atoms with Gasteiger partial charge in [-0.1, -0.05) is 48.5 Å². The molecule has 1 saturated carbocycles. The van der Waals surface area contributed by atoms with Crippen LogP contribution in [0.1, 0.15) is 49.8 Å². The van der Waals surface area contributed by atoms with Gasteiger partial charge in [-0.3, -0.25) is 14.3 Å². The van der Waals surface area contributed by atoms with Gasteiger partial charge in [0, 0.05) is 31.4 Å². The number of anilines is 1. The van der Waals surface area contributed by atoms with Crippen molar-refractivity contribution in [1.29, 1.82) is 0 Å². The van der Waals surface area contributed by atoms with Gasteiger partial charge in [0.25, 0.3) is 5.91 Å². The van der Waals surface area contributed by atoms with Crippen LogP contribution in [-0.2, 0) is 23.2 Å². The minimum atomic E-state index is -0.756. The molecule has 1 aromatic carbocycles. The summed E-state index contributed by atoms with van der Waals surface area (Å²) in [5, 5.41) is 8.85. The molecule has 33 heavy (non-hydrogen) atoms. The molecule has 176 valence electrons. The maximum absolute atomic E-state index is 13.6. The molecule has 2 fully saturated rings. The van der Waals surface area contributed by atoms with Gasteiger partial charge in [-0.2, -0.15) is 5.10 Å². The Bertz CT molecular complexity index is 1060. The van der Waals surface area contributed by atoms with Crippen molar-refractivity contribution in [3.63, 3.8) is 0 Å². The highest BCUT2D eigenvalue weighted by Gasteiger charge is 2.45. The van der Waals surface area contributed by atoms with E-state index in [0.29, 0.717) is 11.7 Å². The maximum Gasteiger partial charge on any atom is 0.257 e. The molecule has 10 heteroatoms. The fourth-order valence-corrected chi connectivity index (χ4v) is 5.54. The molecule has 2 aromatic rings. The second-order valence-electron chi connectivity index (χ2n) is 8.68. The predicted molar refractivity (Wildman–Crippen MR) is 133 cm³/mol. The van der Waals surface area contributed by atoms with Crippen molar-refractivity contribution in [3.8, 4) is 0 Å².